The number of primary amides is 1. The number of aromatic nitrogens is 1. The summed E-state index contributed by atoms with van der Waals surface area (Å²) in [5.74, 6) is -0.926. The number of hydrogen-bond acceptors (Lipinski definition) is 6. The molecule has 0 aliphatic rings. The van der Waals surface area contributed by atoms with Gasteiger partial charge in [0.1, 0.15) is 16.3 Å². The van der Waals surface area contributed by atoms with Gasteiger partial charge in [0.2, 0.25) is 0 Å². The summed E-state index contributed by atoms with van der Waals surface area (Å²) in [6, 6.07) is 6.40. The van der Waals surface area contributed by atoms with Gasteiger partial charge in [0, 0.05) is 6.20 Å². The zero-order valence-electron chi connectivity index (χ0n) is 14.9. The molecule has 3 N–H and O–H groups in total. The number of pyridine rings is 1. The van der Waals surface area contributed by atoms with Gasteiger partial charge in [0.15, 0.2) is 5.75 Å². The van der Waals surface area contributed by atoms with Crippen molar-refractivity contribution in [1.29, 1.82) is 0 Å². The average molecular weight is 378 g/mol. The third kappa shape index (κ3) is 4.64. The van der Waals surface area contributed by atoms with Crippen LogP contribution in [0.4, 0.5) is 11.4 Å². The minimum Gasteiger partial charge on any atom is -0.494 e. The van der Waals surface area contributed by atoms with Crippen LogP contribution in [0.1, 0.15) is 41.5 Å². The molecule has 1 heterocycles. The van der Waals surface area contributed by atoms with Gasteiger partial charge in [-0.15, -0.1) is 0 Å². The fraction of sp³-hybridized carbons (Fsp3) is 0.278. The Labute approximate surface area is 156 Å². The number of esters is 1. The van der Waals surface area contributed by atoms with Gasteiger partial charge in [-0.05, 0) is 39.0 Å². The molecule has 0 fully saturated rings. The van der Waals surface area contributed by atoms with Crippen molar-refractivity contribution >= 4 is 34.9 Å². The Morgan fingerprint density at radius 1 is 1.19 bits per heavy atom. The van der Waals surface area contributed by atoms with Crippen LogP contribution in [0.15, 0.2) is 30.5 Å². The van der Waals surface area contributed by atoms with Gasteiger partial charge in [-0.2, -0.15) is 0 Å². The maximum absolute atomic E-state index is 12.4. The molecule has 0 saturated carbocycles. The Morgan fingerprint density at radius 3 is 2.46 bits per heavy atom. The molecule has 1 aromatic heterocycles. The number of hydrogen-bond donors (Lipinski definition) is 2. The van der Waals surface area contributed by atoms with Crippen molar-refractivity contribution in [3.05, 3.63) is 46.7 Å². The van der Waals surface area contributed by atoms with Crippen LogP contribution in [0.3, 0.4) is 0 Å². The average Bonchev–Trinajstić information content (AvgIpc) is 2.52. The SMILES string of the molecule is COc1c(Nc2cc(Cl)ncc2C(N)=O)cccc1C(=O)OC(C)(C)C. The second-order valence-electron chi connectivity index (χ2n) is 6.43. The lowest BCUT2D eigenvalue weighted by Crippen LogP contribution is -2.24. The van der Waals surface area contributed by atoms with Crippen LogP contribution >= 0.6 is 11.6 Å². The Balaban J connectivity index is 2.46. The first-order valence-electron chi connectivity index (χ1n) is 7.75. The van der Waals surface area contributed by atoms with Crippen molar-refractivity contribution in [3.8, 4) is 5.75 Å². The van der Waals surface area contributed by atoms with E-state index >= 15 is 0 Å². The number of rotatable bonds is 5. The Bertz CT molecular complexity index is 847. The summed E-state index contributed by atoms with van der Waals surface area (Å²) in [7, 11) is 1.43. The molecule has 8 heteroatoms. The molecule has 0 saturated heterocycles. The largest absolute Gasteiger partial charge is 0.494 e. The zero-order chi connectivity index (χ0) is 19.5. The molecule has 2 rings (SSSR count). The number of nitrogens with one attached hydrogen (secondary N) is 1. The molecule has 0 aliphatic carbocycles. The minimum atomic E-state index is -0.668. The molecule has 138 valence electrons. The molecule has 26 heavy (non-hydrogen) atoms. The van der Waals surface area contributed by atoms with E-state index in [1.165, 1.54) is 19.4 Å². The Morgan fingerprint density at radius 2 is 1.88 bits per heavy atom. The van der Waals surface area contributed by atoms with Crippen LogP contribution in [0, 0.1) is 0 Å². The highest BCUT2D eigenvalue weighted by Gasteiger charge is 2.23. The molecule has 2 aromatic rings. The number of nitrogens with zero attached hydrogens (tertiary/aromatic N) is 1. The summed E-state index contributed by atoms with van der Waals surface area (Å²) < 4.78 is 10.8. The first-order valence-corrected chi connectivity index (χ1v) is 8.13. The lowest BCUT2D eigenvalue weighted by molar-refractivity contribution is 0.00665. The van der Waals surface area contributed by atoms with Crippen molar-refractivity contribution in [2.24, 2.45) is 5.73 Å². The van der Waals surface area contributed by atoms with Crippen molar-refractivity contribution in [3.63, 3.8) is 0 Å². The van der Waals surface area contributed by atoms with Crippen LogP contribution in [0.5, 0.6) is 5.75 Å². The normalized spacial score (nSPS) is 11.0. The number of nitrogens with two attached hydrogens (primary N) is 1. The number of halogens is 1. The minimum absolute atomic E-state index is 0.152. The highest BCUT2D eigenvalue weighted by Crippen LogP contribution is 2.33. The van der Waals surface area contributed by atoms with E-state index in [0.29, 0.717) is 11.4 Å². The van der Waals surface area contributed by atoms with E-state index < -0.39 is 17.5 Å². The molecule has 0 atom stereocenters. The van der Waals surface area contributed by atoms with Crippen molar-refractivity contribution < 1.29 is 19.1 Å². The van der Waals surface area contributed by atoms with Gasteiger partial charge in [-0.25, -0.2) is 9.78 Å². The molecule has 0 radical (unpaired) electrons. The molecule has 0 spiro atoms. The Kier molecular flexibility index (Phi) is 5.72. The highest BCUT2D eigenvalue weighted by atomic mass is 35.5. The lowest BCUT2D eigenvalue weighted by atomic mass is 10.1. The number of amides is 1. The smallest absolute Gasteiger partial charge is 0.342 e. The second kappa shape index (κ2) is 7.61. The maximum Gasteiger partial charge on any atom is 0.342 e. The van der Waals surface area contributed by atoms with Crippen LogP contribution in [0.2, 0.25) is 5.15 Å². The quantitative estimate of drug-likeness (QED) is 0.610. The summed E-state index contributed by atoms with van der Waals surface area (Å²) in [5, 5.41) is 3.19. The van der Waals surface area contributed by atoms with Crippen LogP contribution in [0.25, 0.3) is 0 Å². The predicted molar refractivity (Wildman–Crippen MR) is 99.2 cm³/mol. The monoisotopic (exact) mass is 377 g/mol. The van der Waals surface area contributed by atoms with E-state index in [0.717, 1.165) is 0 Å². The molecular weight excluding hydrogens is 358 g/mol. The summed E-state index contributed by atoms with van der Waals surface area (Å²) >= 11 is 5.91. The third-order valence-corrected chi connectivity index (χ3v) is 3.45. The summed E-state index contributed by atoms with van der Waals surface area (Å²) in [6.45, 7) is 5.33. The molecule has 0 bridgehead atoms. The number of carbonyl (C=O) groups is 2. The first kappa shape index (κ1) is 19.5. The van der Waals surface area contributed by atoms with Crippen LogP contribution in [-0.2, 0) is 4.74 Å². The number of para-hydroxylation sites is 1. The maximum atomic E-state index is 12.4. The van der Waals surface area contributed by atoms with Gasteiger partial charge < -0.3 is 20.5 Å². The van der Waals surface area contributed by atoms with E-state index in [-0.39, 0.29) is 22.0 Å². The van der Waals surface area contributed by atoms with Gasteiger partial charge in [-0.1, -0.05) is 17.7 Å². The third-order valence-electron chi connectivity index (χ3n) is 3.24. The van der Waals surface area contributed by atoms with E-state index in [2.05, 4.69) is 10.3 Å². The predicted octanol–water partition coefficient (Wildman–Crippen LogP) is 3.54. The molecule has 0 unspecified atom stereocenters. The van der Waals surface area contributed by atoms with Crippen LogP contribution in [-0.4, -0.2) is 29.6 Å². The van der Waals surface area contributed by atoms with Gasteiger partial charge in [0.25, 0.3) is 5.91 Å². The number of methoxy groups -OCH3 is 1. The van der Waals surface area contributed by atoms with Gasteiger partial charge in [-0.3, -0.25) is 4.79 Å². The summed E-state index contributed by atoms with van der Waals surface area (Å²) in [5.41, 5.74) is 5.90. The fourth-order valence-electron chi connectivity index (χ4n) is 2.22. The number of anilines is 2. The zero-order valence-corrected chi connectivity index (χ0v) is 15.7. The van der Waals surface area contributed by atoms with E-state index in [4.69, 9.17) is 26.8 Å². The topological polar surface area (TPSA) is 104 Å². The number of ether oxygens (including phenoxy) is 2. The second-order valence-corrected chi connectivity index (χ2v) is 6.82. The number of carbonyl (C=O) groups excluding carboxylic acids is 2. The standard InChI is InChI=1S/C18H20ClN3O4/c1-18(2,3)26-17(24)10-6-5-7-12(15(10)25-4)22-13-8-14(19)21-9-11(13)16(20)23/h5-9H,1-4H3,(H2,20,23)(H,21,22). The van der Waals surface area contributed by atoms with Crippen molar-refractivity contribution in [2.75, 3.05) is 12.4 Å². The summed E-state index contributed by atoms with van der Waals surface area (Å²) in [6.07, 6.45) is 1.27. The molecular formula is C18H20ClN3O4. The highest BCUT2D eigenvalue weighted by molar-refractivity contribution is 6.29. The van der Waals surface area contributed by atoms with E-state index in [9.17, 15) is 9.59 Å². The fourth-order valence-corrected chi connectivity index (χ4v) is 2.38. The summed E-state index contributed by atoms with van der Waals surface area (Å²) in [4.78, 5) is 27.9. The molecule has 1 amide bonds. The van der Waals surface area contributed by atoms with E-state index in [1.54, 1.807) is 39.0 Å². The van der Waals surface area contributed by atoms with Gasteiger partial charge in [0.05, 0.1) is 24.0 Å². The van der Waals surface area contributed by atoms with Crippen molar-refractivity contribution in [1.82, 2.24) is 4.98 Å². The first-order chi connectivity index (χ1) is 12.1. The van der Waals surface area contributed by atoms with E-state index in [1.807, 2.05) is 0 Å². The van der Waals surface area contributed by atoms with Crippen molar-refractivity contribution in [2.45, 2.75) is 26.4 Å². The molecule has 1 aromatic carbocycles. The number of benzene rings is 1. The Hall–Kier alpha value is -2.80. The van der Waals surface area contributed by atoms with Gasteiger partial charge >= 0.3 is 5.97 Å². The lowest BCUT2D eigenvalue weighted by Gasteiger charge is -2.21. The van der Waals surface area contributed by atoms with Crippen LogP contribution < -0.4 is 15.8 Å². The molecule has 0 aliphatic heterocycles. The molecule has 7 nitrogen and oxygen atoms in total.